The molecular weight excluding hydrogens is 266 g/mol. The first-order valence-corrected chi connectivity index (χ1v) is 7.00. The number of carboxylic acids is 1. The molecule has 0 spiro atoms. The lowest BCUT2D eigenvalue weighted by molar-refractivity contribution is -0.153. The molecule has 1 aliphatic heterocycles. The highest BCUT2D eigenvalue weighted by Gasteiger charge is 2.39. The topological polar surface area (TPSA) is 96.5 Å². The zero-order valence-electron chi connectivity index (χ0n) is 10.8. The van der Waals surface area contributed by atoms with E-state index in [1.807, 2.05) is 0 Å². The molecular formula is C12H17N3O3S. The van der Waals surface area contributed by atoms with Crippen LogP contribution in [0.3, 0.4) is 0 Å². The molecule has 1 aromatic rings. The maximum Gasteiger partial charge on any atom is 0.311 e. The molecule has 1 fully saturated rings. The van der Waals surface area contributed by atoms with E-state index in [9.17, 15) is 14.7 Å². The summed E-state index contributed by atoms with van der Waals surface area (Å²) in [6.07, 6.45) is 1.51. The molecule has 1 amide bonds. The smallest absolute Gasteiger partial charge is 0.311 e. The number of rotatable bonds is 3. The summed E-state index contributed by atoms with van der Waals surface area (Å²) in [6.45, 7) is 2.57. The van der Waals surface area contributed by atoms with Crippen LogP contribution in [0.2, 0.25) is 0 Å². The highest BCUT2D eigenvalue weighted by molar-refractivity contribution is 7.13. The molecule has 19 heavy (non-hydrogen) atoms. The molecule has 1 atom stereocenters. The van der Waals surface area contributed by atoms with Crippen LogP contribution in [-0.4, -0.2) is 40.0 Å². The molecule has 1 saturated heterocycles. The molecule has 1 aromatic heterocycles. The third kappa shape index (κ3) is 3.04. The molecule has 1 aliphatic rings. The second-order valence-electron chi connectivity index (χ2n) is 5.14. The molecule has 1 unspecified atom stereocenters. The van der Waals surface area contributed by atoms with Gasteiger partial charge in [-0.3, -0.25) is 9.59 Å². The minimum absolute atomic E-state index is 0.0857. The molecule has 2 rings (SSSR count). The van der Waals surface area contributed by atoms with E-state index in [1.54, 1.807) is 17.2 Å². The molecule has 6 nitrogen and oxygen atoms in total. The Morgan fingerprint density at radius 2 is 2.37 bits per heavy atom. The molecule has 0 radical (unpaired) electrons. The summed E-state index contributed by atoms with van der Waals surface area (Å²) in [5.74, 6) is -0.930. The number of thiazole rings is 1. The van der Waals surface area contributed by atoms with Crippen molar-refractivity contribution in [1.29, 1.82) is 0 Å². The predicted octanol–water partition coefficient (Wildman–Crippen LogP) is 0.981. The van der Waals surface area contributed by atoms with Crippen molar-refractivity contribution in [2.45, 2.75) is 26.2 Å². The standard InChI is InChI=1S/C12H17N3O3S/c1-12(10(17)18)3-2-4-15(7-12)9(16)5-8-6-19-11(13)14-8/h6H,2-5,7H2,1H3,(H2,13,14)(H,17,18). The van der Waals surface area contributed by atoms with Crippen molar-refractivity contribution in [3.05, 3.63) is 11.1 Å². The molecule has 7 heteroatoms. The number of carbonyl (C=O) groups is 2. The molecule has 0 aliphatic carbocycles. The van der Waals surface area contributed by atoms with E-state index >= 15 is 0 Å². The summed E-state index contributed by atoms with van der Waals surface area (Å²) >= 11 is 1.30. The number of nitrogen functional groups attached to an aromatic ring is 1. The first-order chi connectivity index (χ1) is 8.90. The van der Waals surface area contributed by atoms with E-state index in [0.717, 1.165) is 0 Å². The lowest BCUT2D eigenvalue weighted by Crippen LogP contribution is -2.48. The van der Waals surface area contributed by atoms with E-state index in [1.165, 1.54) is 11.3 Å². The quantitative estimate of drug-likeness (QED) is 0.862. The summed E-state index contributed by atoms with van der Waals surface area (Å²) in [7, 11) is 0. The van der Waals surface area contributed by atoms with Gasteiger partial charge in [0.1, 0.15) is 0 Å². The van der Waals surface area contributed by atoms with Gasteiger partial charge in [-0.25, -0.2) is 4.98 Å². The van der Waals surface area contributed by atoms with Crippen LogP contribution in [0.15, 0.2) is 5.38 Å². The van der Waals surface area contributed by atoms with Crippen molar-refractivity contribution >= 4 is 28.3 Å². The Bertz CT molecular complexity index is 502. The van der Waals surface area contributed by atoms with E-state index < -0.39 is 11.4 Å². The van der Waals surface area contributed by atoms with Crippen molar-refractivity contribution in [2.24, 2.45) is 5.41 Å². The zero-order valence-corrected chi connectivity index (χ0v) is 11.6. The fraction of sp³-hybridized carbons (Fsp3) is 0.583. The van der Waals surface area contributed by atoms with Gasteiger partial charge < -0.3 is 15.7 Å². The maximum atomic E-state index is 12.1. The van der Waals surface area contributed by atoms with Crippen LogP contribution in [0.5, 0.6) is 0 Å². The first kappa shape index (κ1) is 13.8. The largest absolute Gasteiger partial charge is 0.481 e. The van der Waals surface area contributed by atoms with Crippen LogP contribution >= 0.6 is 11.3 Å². The predicted molar refractivity (Wildman–Crippen MR) is 71.8 cm³/mol. The van der Waals surface area contributed by atoms with Gasteiger partial charge in [-0.05, 0) is 19.8 Å². The third-order valence-electron chi connectivity index (χ3n) is 3.47. The van der Waals surface area contributed by atoms with E-state index in [0.29, 0.717) is 30.2 Å². The van der Waals surface area contributed by atoms with Gasteiger partial charge in [0.25, 0.3) is 0 Å². The number of nitrogens with zero attached hydrogens (tertiary/aromatic N) is 2. The van der Waals surface area contributed by atoms with E-state index in [-0.39, 0.29) is 18.9 Å². The second kappa shape index (κ2) is 5.16. The maximum absolute atomic E-state index is 12.1. The van der Waals surface area contributed by atoms with Crippen LogP contribution in [0, 0.1) is 5.41 Å². The van der Waals surface area contributed by atoms with Gasteiger partial charge in [0.05, 0.1) is 17.5 Å². The van der Waals surface area contributed by atoms with Gasteiger partial charge in [-0.1, -0.05) is 0 Å². The van der Waals surface area contributed by atoms with Crippen molar-refractivity contribution in [3.8, 4) is 0 Å². The number of hydrogen-bond acceptors (Lipinski definition) is 5. The normalized spacial score (nSPS) is 23.3. The average molecular weight is 283 g/mol. The van der Waals surface area contributed by atoms with Gasteiger partial charge in [-0.2, -0.15) is 0 Å². The SMILES string of the molecule is CC1(C(=O)O)CCCN(C(=O)Cc2csc(N)n2)C1. The Balaban J connectivity index is 2.01. The van der Waals surface area contributed by atoms with Crippen LogP contribution in [0.4, 0.5) is 5.13 Å². The van der Waals surface area contributed by atoms with Gasteiger partial charge in [0, 0.05) is 18.5 Å². The number of anilines is 1. The number of piperidine rings is 1. The monoisotopic (exact) mass is 283 g/mol. The van der Waals surface area contributed by atoms with Crippen molar-refractivity contribution < 1.29 is 14.7 Å². The summed E-state index contributed by atoms with van der Waals surface area (Å²) in [5, 5.41) is 11.4. The van der Waals surface area contributed by atoms with Crippen molar-refractivity contribution in [3.63, 3.8) is 0 Å². The Morgan fingerprint density at radius 1 is 1.63 bits per heavy atom. The van der Waals surface area contributed by atoms with Gasteiger partial charge in [-0.15, -0.1) is 11.3 Å². The number of amides is 1. The molecule has 0 bridgehead atoms. The number of aromatic nitrogens is 1. The van der Waals surface area contributed by atoms with Gasteiger partial charge >= 0.3 is 5.97 Å². The summed E-state index contributed by atoms with van der Waals surface area (Å²) < 4.78 is 0. The minimum atomic E-state index is -0.845. The number of carbonyl (C=O) groups excluding carboxylic acids is 1. The molecule has 0 aromatic carbocycles. The number of nitrogens with two attached hydrogens (primary N) is 1. The number of carboxylic acid groups (broad SMARTS) is 1. The lowest BCUT2D eigenvalue weighted by Gasteiger charge is -2.37. The van der Waals surface area contributed by atoms with E-state index in [2.05, 4.69) is 4.98 Å². The Hall–Kier alpha value is -1.63. The van der Waals surface area contributed by atoms with Gasteiger partial charge in [0.15, 0.2) is 5.13 Å². The fourth-order valence-corrected chi connectivity index (χ4v) is 2.86. The lowest BCUT2D eigenvalue weighted by atomic mass is 9.82. The number of likely N-dealkylation sites (tertiary alicyclic amines) is 1. The van der Waals surface area contributed by atoms with Gasteiger partial charge in [0.2, 0.25) is 5.91 Å². The Labute approximate surface area is 115 Å². The van der Waals surface area contributed by atoms with Crippen LogP contribution in [-0.2, 0) is 16.0 Å². The van der Waals surface area contributed by atoms with Crippen LogP contribution < -0.4 is 5.73 Å². The molecule has 3 N–H and O–H groups in total. The molecule has 104 valence electrons. The Kier molecular flexibility index (Phi) is 3.75. The summed E-state index contributed by atoms with van der Waals surface area (Å²) in [4.78, 5) is 29.1. The zero-order chi connectivity index (χ0) is 14.0. The Morgan fingerprint density at radius 3 is 2.95 bits per heavy atom. The highest BCUT2D eigenvalue weighted by atomic mass is 32.1. The summed E-state index contributed by atoms with van der Waals surface area (Å²) in [5.41, 5.74) is 5.33. The highest BCUT2D eigenvalue weighted by Crippen LogP contribution is 2.30. The van der Waals surface area contributed by atoms with Crippen molar-refractivity contribution in [1.82, 2.24) is 9.88 Å². The first-order valence-electron chi connectivity index (χ1n) is 6.12. The minimum Gasteiger partial charge on any atom is -0.481 e. The number of aliphatic carboxylic acids is 1. The van der Waals surface area contributed by atoms with E-state index in [4.69, 9.17) is 5.73 Å². The number of hydrogen-bond donors (Lipinski definition) is 2. The van der Waals surface area contributed by atoms with Crippen LogP contribution in [0.25, 0.3) is 0 Å². The third-order valence-corrected chi connectivity index (χ3v) is 4.19. The summed E-state index contributed by atoms with van der Waals surface area (Å²) in [6, 6.07) is 0. The second-order valence-corrected chi connectivity index (χ2v) is 6.03. The van der Waals surface area contributed by atoms with Crippen molar-refractivity contribution in [2.75, 3.05) is 18.8 Å². The molecule has 2 heterocycles. The fourth-order valence-electron chi connectivity index (χ4n) is 2.30. The van der Waals surface area contributed by atoms with Crippen LogP contribution in [0.1, 0.15) is 25.5 Å². The average Bonchev–Trinajstić information content (AvgIpc) is 2.74. The molecule has 0 saturated carbocycles.